The quantitative estimate of drug-likeness (QED) is 0.498. The van der Waals surface area contributed by atoms with Crippen molar-refractivity contribution in [1.29, 1.82) is 0 Å². The fraction of sp³-hybridized carbons (Fsp3) is 0.111. The third-order valence-electron chi connectivity index (χ3n) is 3.66. The van der Waals surface area contributed by atoms with Crippen molar-refractivity contribution in [3.05, 3.63) is 60.5 Å². The van der Waals surface area contributed by atoms with Gasteiger partial charge in [-0.3, -0.25) is 4.79 Å². The Kier molecular flexibility index (Phi) is 5.11. The Morgan fingerprint density at radius 3 is 2.79 bits per heavy atom. The van der Waals surface area contributed by atoms with Crippen LogP contribution in [0.3, 0.4) is 0 Å². The molecular weight excluding hydrogens is 378 g/mol. The Hall–Kier alpha value is -3.53. The molecule has 10 heteroatoms. The van der Waals surface area contributed by atoms with Crippen LogP contribution in [0.15, 0.2) is 64.2 Å². The number of carbonyl (C=O) groups excluding carboxylic acids is 1. The Bertz CT molecular complexity index is 1090. The lowest BCUT2D eigenvalue weighted by atomic mass is 10.2. The van der Waals surface area contributed by atoms with Crippen LogP contribution in [0.25, 0.3) is 17.1 Å². The van der Waals surface area contributed by atoms with Gasteiger partial charge >= 0.3 is 0 Å². The molecule has 9 nitrogen and oxygen atoms in total. The summed E-state index contributed by atoms with van der Waals surface area (Å²) in [5.41, 5.74) is 2.26. The number of rotatable bonds is 6. The molecule has 0 saturated carbocycles. The van der Waals surface area contributed by atoms with Gasteiger partial charge in [0.15, 0.2) is 0 Å². The number of hydrogen-bond acceptors (Lipinski definition) is 8. The van der Waals surface area contributed by atoms with Crippen LogP contribution in [0.2, 0.25) is 0 Å². The highest BCUT2D eigenvalue weighted by atomic mass is 32.2. The lowest BCUT2D eigenvalue weighted by Gasteiger charge is -2.06. The Morgan fingerprint density at radius 1 is 1.11 bits per heavy atom. The van der Waals surface area contributed by atoms with E-state index in [4.69, 9.17) is 4.42 Å². The Morgan fingerprint density at radius 2 is 1.96 bits per heavy atom. The summed E-state index contributed by atoms with van der Waals surface area (Å²) in [6.07, 6.45) is 0. The second-order valence-electron chi connectivity index (χ2n) is 5.76. The molecule has 1 N–H and O–H groups in total. The second-order valence-corrected chi connectivity index (χ2v) is 6.70. The van der Waals surface area contributed by atoms with Crippen LogP contribution in [0.1, 0.15) is 12.8 Å². The molecule has 4 aromatic rings. The molecule has 0 aliphatic carbocycles. The van der Waals surface area contributed by atoms with E-state index in [1.54, 1.807) is 16.8 Å². The maximum atomic E-state index is 11.3. The minimum absolute atomic E-state index is 0.144. The fourth-order valence-corrected chi connectivity index (χ4v) is 3.21. The van der Waals surface area contributed by atoms with Crippen molar-refractivity contribution < 1.29 is 9.21 Å². The summed E-state index contributed by atoms with van der Waals surface area (Å²) in [7, 11) is 0. The number of nitrogens with zero attached hydrogens (tertiary/aromatic N) is 6. The van der Waals surface area contributed by atoms with Crippen LogP contribution in [-0.4, -0.2) is 36.3 Å². The highest BCUT2D eigenvalue weighted by Crippen LogP contribution is 2.25. The first-order valence-corrected chi connectivity index (χ1v) is 9.34. The SMILES string of the molecule is CC(=O)Nc1cccc(-n2nnnc2SCc2nnc(-c3ccccc3)o2)c1. The molecule has 0 fully saturated rings. The zero-order chi connectivity index (χ0) is 19.3. The summed E-state index contributed by atoms with van der Waals surface area (Å²) >= 11 is 1.37. The number of aromatic nitrogens is 6. The number of anilines is 1. The molecule has 0 atom stereocenters. The number of tetrazole rings is 1. The predicted molar refractivity (Wildman–Crippen MR) is 103 cm³/mol. The van der Waals surface area contributed by atoms with Crippen LogP contribution in [0, 0.1) is 0 Å². The molecule has 0 bridgehead atoms. The minimum atomic E-state index is -0.144. The number of amides is 1. The average molecular weight is 393 g/mol. The van der Waals surface area contributed by atoms with Crippen molar-refractivity contribution in [2.24, 2.45) is 0 Å². The molecule has 2 heterocycles. The maximum absolute atomic E-state index is 11.3. The zero-order valence-electron chi connectivity index (χ0n) is 14.8. The standard InChI is InChI=1S/C18H15N7O2S/c1-12(26)19-14-8-5-9-15(10-14)25-18(22-23-24-25)28-11-16-20-21-17(27-16)13-6-3-2-4-7-13/h2-10H,11H2,1H3,(H,19,26). The molecule has 0 radical (unpaired) electrons. The molecule has 0 aliphatic rings. The molecule has 140 valence electrons. The van der Waals surface area contributed by atoms with Gasteiger partial charge in [-0.1, -0.05) is 36.0 Å². The van der Waals surface area contributed by atoms with Gasteiger partial charge in [-0.05, 0) is 40.8 Å². The van der Waals surface area contributed by atoms with Gasteiger partial charge in [-0.15, -0.1) is 15.3 Å². The van der Waals surface area contributed by atoms with Gasteiger partial charge < -0.3 is 9.73 Å². The monoisotopic (exact) mass is 393 g/mol. The summed E-state index contributed by atoms with van der Waals surface area (Å²) in [4.78, 5) is 11.3. The Balaban J connectivity index is 1.48. The Labute approximate surface area is 164 Å². The number of benzene rings is 2. The van der Waals surface area contributed by atoms with Crippen LogP contribution < -0.4 is 5.32 Å². The van der Waals surface area contributed by atoms with Crippen molar-refractivity contribution in [3.63, 3.8) is 0 Å². The van der Waals surface area contributed by atoms with E-state index in [9.17, 15) is 4.79 Å². The molecule has 1 amide bonds. The van der Waals surface area contributed by atoms with Gasteiger partial charge in [0.05, 0.1) is 11.4 Å². The molecule has 0 aliphatic heterocycles. The van der Waals surface area contributed by atoms with E-state index in [-0.39, 0.29) is 5.91 Å². The van der Waals surface area contributed by atoms with Crippen LogP contribution in [0.5, 0.6) is 0 Å². The molecule has 0 spiro atoms. The van der Waals surface area contributed by atoms with Gasteiger partial charge in [0, 0.05) is 18.2 Å². The van der Waals surface area contributed by atoms with E-state index in [0.29, 0.717) is 28.4 Å². The topological polar surface area (TPSA) is 112 Å². The van der Waals surface area contributed by atoms with Crippen molar-refractivity contribution in [2.45, 2.75) is 17.8 Å². The van der Waals surface area contributed by atoms with E-state index >= 15 is 0 Å². The van der Waals surface area contributed by atoms with E-state index in [1.165, 1.54) is 18.7 Å². The fourth-order valence-electron chi connectivity index (χ4n) is 2.49. The molecule has 2 aromatic heterocycles. The first kappa shape index (κ1) is 17.9. The van der Waals surface area contributed by atoms with Crippen LogP contribution in [0.4, 0.5) is 5.69 Å². The predicted octanol–water partition coefficient (Wildman–Crippen LogP) is 2.96. The largest absolute Gasteiger partial charge is 0.420 e. The van der Waals surface area contributed by atoms with Gasteiger partial charge in [0.1, 0.15) is 0 Å². The van der Waals surface area contributed by atoms with Gasteiger partial charge in [-0.25, -0.2) is 0 Å². The third kappa shape index (κ3) is 4.07. The highest BCUT2D eigenvalue weighted by molar-refractivity contribution is 7.98. The molecular formula is C18H15N7O2S. The van der Waals surface area contributed by atoms with Gasteiger partial charge in [0.2, 0.25) is 22.8 Å². The van der Waals surface area contributed by atoms with Crippen molar-refractivity contribution in [3.8, 4) is 17.1 Å². The van der Waals surface area contributed by atoms with E-state index in [2.05, 4.69) is 31.0 Å². The normalized spacial score (nSPS) is 10.8. The van der Waals surface area contributed by atoms with Gasteiger partial charge in [0.25, 0.3) is 0 Å². The number of nitrogens with one attached hydrogen (secondary N) is 1. The van der Waals surface area contributed by atoms with Crippen molar-refractivity contribution in [2.75, 3.05) is 5.32 Å². The second kappa shape index (κ2) is 8.01. The third-order valence-corrected chi connectivity index (χ3v) is 4.57. The summed E-state index contributed by atoms with van der Waals surface area (Å²) in [5, 5.41) is 23.3. The number of thioether (sulfide) groups is 1. The minimum Gasteiger partial charge on any atom is -0.420 e. The van der Waals surface area contributed by atoms with E-state index in [0.717, 1.165) is 11.3 Å². The van der Waals surface area contributed by atoms with Gasteiger partial charge in [-0.2, -0.15) is 4.68 Å². The molecule has 0 unspecified atom stereocenters. The summed E-state index contributed by atoms with van der Waals surface area (Å²) < 4.78 is 7.30. The average Bonchev–Trinajstić information content (AvgIpc) is 3.36. The molecule has 2 aromatic carbocycles. The van der Waals surface area contributed by atoms with Crippen molar-refractivity contribution in [1.82, 2.24) is 30.4 Å². The van der Waals surface area contributed by atoms with E-state index < -0.39 is 0 Å². The molecule has 0 saturated heterocycles. The highest BCUT2D eigenvalue weighted by Gasteiger charge is 2.13. The summed E-state index contributed by atoms with van der Waals surface area (Å²) in [6.45, 7) is 1.46. The molecule has 4 rings (SSSR count). The maximum Gasteiger partial charge on any atom is 0.247 e. The first-order chi connectivity index (χ1) is 13.7. The zero-order valence-corrected chi connectivity index (χ0v) is 15.6. The number of hydrogen-bond donors (Lipinski definition) is 1. The smallest absolute Gasteiger partial charge is 0.247 e. The summed E-state index contributed by atoms with van der Waals surface area (Å²) in [6, 6.07) is 16.8. The number of carbonyl (C=O) groups is 1. The van der Waals surface area contributed by atoms with E-state index in [1.807, 2.05) is 42.5 Å². The lowest BCUT2D eigenvalue weighted by molar-refractivity contribution is -0.114. The lowest BCUT2D eigenvalue weighted by Crippen LogP contribution is -2.07. The molecule has 28 heavy (non-hydrogen) atoms. The van der Waals surface area contributed by atoms with Crippen LogP contribution >= 0.6 is 11.8 Å². The summed E-state index contributed by atoms with van der Waals surface area (Å²) in [5.74, 6) is 1.23. The van der Waals surface area contributed by atoms with Crippen LogP contribution in [-0.2, 0) is 10.5 Å². The first-order valence-electron chi connectivity index (χ1n) is 8.36. The van der Waals surface area contributed by atoms with Crippen molar-refractivity contribution >= 4 is 23.4 Å².